The second-order valence-corrected chi connectivity index (χ2v) is 10.7. The van der Waals surface area contributed by atoms with Crippen molar-refractivity contribution in [2.24, 2.45) is 0 Å². The molecule has 1 aliphatic heterocycles. The van der Waals surface area contributed by atoms with Crippen molar-refractivity contribution in [3.05, 3.63) is 145 Å². The predicted octanol–water partition coefficient (Wildman–Crippen LogP) is 8.87. The Hall–Kier alpha value is -6.01. The van der Waals surface area contributed by atoms with Crippen molar-refractivity contribution in [3.63, 3.8) is 0 Å². The van der Waals surface area contributed by atoms with E-state index in [4.69, 9.17) is 4.98 Å². The molecular weight excluding hydrogens is 528 g/mol. The number of benzene rings is 5. The molecule has 6 nitrogen and oxygen atoms in total. The van der Waals surface area contributed by atoms with E-state index in [0.717, 1.165) is 61.8 Å². The Balaban J connectivity index is 1.31. The molecule has 0 unspecified atom stereocenters. The Labute approximate surface area is 247 Å². The van der Waals surface area contributed by atoms with Crippen LogP contribution in [0.5, 0.6) is 0 Å². The third-order valence-corrected chi connectivity index (χ3v) is 8.27. The van der Waals surface area contributed by atoms with Crippen LogP contribution >= 0.6 is 0 Å². The van der Waals surface area contributed by atoms with Crippen LogP contribution in [0.25, 0.3) is 56.5 Å². The van der Waals surface area contributed by atoms with E-state index in [1.807, 2.05) is 41.2 Å². The maximum Gasteiger partial charge on any atom is 0.137 e. The highest BCUT2D eigenvalue weighted by Crippen LogP contribution is 2.44. The highest BCUT2D eigenvalue weighted by molar-refractivity contribution is 6.10. The van der Waals surface area contributed by atoms with E-state index in [1.54, 1.807) is 0 Å². The first-order valence-electron chi connectivity index (χ1n) is 14.3. The Morgan fingerprint density at radius 1 is 0.512 bits per heavy atom. The van der Waals surface area contributed by atoms with Crippen molar-refractivity contribution in [1.82, 2.24) is 24.5 Å². The van der Waals surface area contributed by atoms with Crippen molar-refractivity contribution in [2.45, 2.75) is 0 Å². The van der Waals surface area contributed by atoms with Crippen molar-refractivity contribution in [1.29, 1.82) is 0 Å². The molecule has 0 atom stereocenters. The van der Waals surface area contributed by atoms with E-state index < -0.39 is 0 Å². The summed E-state index contributed by atoms with van der Waals surface area (Å²) in [7, 11) is 0. The Morgan fingerprint density at radius 2 is 1.26 bits per heavy atom. The summed E-state index contributed by atoms with van der Waals surface area (Å²) in [4.78, 5) is 7.09. The molecule has 43 heavy (non-hydrogen) atoms. The van der Waals surface area contributed by atoms with Crippen LogP contribution in [-0.2, 0) is 0 Å². The van der Waals surface area contributed by atoms with Gasteiger partial charge >= 0.3 is 0 Å². The summed E-state index contributed by atoms with van der Waals surface area (Å²) >= 11 is 0. The first kappa shape index (κ1) is 23.7. The van der Waals surface area contributed by atoms with Crippen molar-refractivity contribution in [2.75, 3.05) is 4.90 Å². The van der Waals surface area contributed by atoms with Crippen LogP contribution in [0.1, 0.15) is 11.1 Å². The predicted molar refractivity (Wildman–Crippen MR) is 175 cm³/mol. The molecule has 0 bridgehead atoms. The molecule has 0 amide bonds. The normalized spacial score (nSPS) is 12.5. The zero-order chi connectivity index (χ0) is 28.3. The van der Waals surface area contributed by atoms with E-state index >= 15 is 0 Å². The quantitative estimate of drug-likeness (QED) is 0.220. The average Bonchev–Trinajstić information content (AvgIpc) is 3.59. The van der Waals surface area contributed by atoms with Crippen LogP contribution in [0.2, 0.25) is 0 Å². The molecule has 0 radical (unpaired) electrons. The molecule has 4 heterocycles. The van der Waals surface area contributed by atoms with Crippen molar-refractivity contribution < 1.29 is 0 Å². The van der Waals surface area contributed by atoms with Crippen LogP contribution in [0.15, 0.2) is 134 Å². The van der Waals surface area contributed by atoms with Gasteiger partial charge in [0, 0.05) is 22.7 Å². The number of para-hydroxylation sites is 3. The van der Waals surface area contributed by atoms with Gasteiger partial charge in [0.15, 0.2) is 0 Å². The lowest BCUT2D eigenvalue weighted by Crippen LogP contribution is -2.12. The topological polar surface area (TPSA) is 51.8 Å². The molecule has 9 rings (SSSR count). The Morgan fingerprint density at radius 3 is 2.16 bits per heavy atom. The molecule has 5 aromatic carbocycles. The molecular formula is C37H24N6. The number of nitrogens with zero attached hydrogens (tertiary/aromatic N) is 6. The van der Waals surface area contributed by atoms with Crippen LogP contribution in [0, 0.1) is 0 Å². The first-order valence-corrected chi connectivity index (χ1v) is 14.3. The van der Waals surface area contributed by atoms with Crippen LogP contribution in [-0.4, -0.2) is 24.5 Å². The molecule has 0 saturated carbocycles. The van der Waals surface area contributed by atoms with Gasteiger partial charge in [-0.25, -0.2) is 9.67 Å². The number of fused-ring (bicyclic) bond motifs is 6. The number of hydrogen-bond acceptors (Lipinski definition) is 4. The lowest BCUT2D eigenvalue weighted by atomic mass is 10.1. The summed E-state index contributed by atoms with van der Waals surface area (Å²) in [5.41, 5.74) is 10.5. The standard InChI is InChI=1S/C37H24N6/c1-4-12-32-25(9-1)16-17-26-18-19-28(43-34-14-6-3-11-31(34)39-40-43)24-35(26)41(32)27-20-21-30-29-10-2-5-13-33(29)42(36(30)23-27)37-15-7-8-22-38-37/h1-24H. The maximum absolute atomic E-state index is 4.74. The second-order valence-electron chi connectivity index (χ2n) is 10.7. The number of aromatic nitrogens is 5. The highest BCUT2D eigenvalue weighted by Gasteiger charge is 2.23. The van der Waals surface area contributed by atoms with Gasteiger partial charge in [-0.15, -0.1) is 5.10 Å². The molecule has 202 valence electrons. The van der Waals surface area contributed by atoms with Crippen LogP contribution < -0.4 is 4.90 Å². The number of pyridine rings is 1. The summed E-state index contributed by atoms with van der Waals surface area (Å²) < 4.78 is 4.17. The highest BCUT2D eigenvalue weighted by atomic mass is 15.4. The second kappa shape index (κ2) is 9.26. The summed E-state index contributed by atoms with van der Waals surface area (Å²) in [6.45, 7) is 0. The fourth-order valence-electron chi connectivity index (χ4n) is 6.31. The third kappa shape index (κ3) is 3.63. The van der Waals surface area contributed by atoms with Gasteiger partial charge in [0.2, 0.25) is 0 Å². The van der Waals surface area contributed by atoms with Crippen LogP contribution in [0.4, 0.5) is 17.1 Å². The molecule has 8 aromatic rings. The molecule has 0 spiro atoms. The third-order valence-electron chi connectivity index (χ3n) is 8.27. The van der Waals surface area contributed by atoms with Gasteiger partial charge < -0.3 is 4.90 Å². The molecule has 0 saturated heterocycles. The minimum absolute atomic E-state index is 0.868. The van der Waals surface area contributed by atoms with E-state index in [1.165, 1.54) is 10.8 Å². The van der Waals surface area contributed by atoms with E-state index in [0.29, 0.717) is 0 Å². The minimum Gasteiger partial charge on any atom is -0.309 e. The SMILES string of the molecule is C1=Cc2ccc(-n3nnc4ccccc43)cc2N(c2ccc3c4ccccc4n(-c4ccccn4)c3c2)c2ccccc21. The molecule has 0 N–H and O–H groups in total. The van der Waals surface area contributed by atoms with Crippen molar-refractivity contribution >= 4 is 62.1 Å². The molecule has 1 aliphatic rings. The molecule has 6 heteroatoms. The summed E-state index contributed by atoms with van der Waals surface area (Å²) in [5.74, 6) is 0.893. The summed E-state index contributed by atoms with van der Waals surface area (Å²) in [5, 5.41) is 11.3. The number of rotatable bonds is 3. The van der Waals surface area contributed by atoms with Crippen molar-refractivity contribution in [3.8, 4) is 11.5 Å². The molecule has 0 fully saturated rings. The minimum atomic E-state index is 0.868. The van der Waals surface area contributed by atoms with Gasteiger partial charge in [-0.3, -0.25) is 4.57 Å². The lowest BCUT2D eigenvalue weighted by Gasteiger charge is -2.28. The monoisotopic (exact) mass is 552 g/mol. The summed E-state index contributed by atoms with van der Waals surface area (Å²) in [6.07, 6.45) is 6.24. The maximum atomic E-state index is 4.74. The molecule has 3 aromatic heterocycles. The van der Waals surface area contributed by atoms with Gasteiger partial charge in [0.1, 0.15) is 11.3 Å². The number of hydrogen-bond donors (Lipinski definition) is 0. The number of anilines is 3. The fraction of sp³-hybridized carbons (Fsp3) is 0. The smallest absolute Gasteiger partial charge is 0.137 e. The Kier molecular flexibility index (Phi) is 5.10. The van der Waals surface area contributed by atoms with Gasteiger partial charge in [0.25, 0.3) is 0 Å². The molecule has 0 aliphatic carbocycles. The largest absolute Gasteiger partial charge is 0.309 e. The van der Waals surface area contributed by atoms with Gasteiger partial charge in [-0.1, -0.05) is 84.1 Å². The summed E-state index contributed by atoms with van der Waals surface area (Å²) in [6, 6.07) is 44.4. The van der Waals surface area contributed by atoms with Crippen LogP contribution in [0.3, 0.4) is 0 Å². The zero-order valence-corrected chi connectivity index (χ0v) is 23.0. The lowest BCUT2D eigenvalue weighted by molar-refractivity contribution is 0.824. The van der Waals surface area contributed by atoms with Gasteiger partial charge in [-0.2, -0.15) is 0 Å². The fourth-order valence-corrected chi connectivity index (χ4v) is 6.31. The Bertz CT molecular complexity index is 2360. The zero-order valence-electron chi connectivity index (χ0n) is 23.0. The average molecular weight is 553 g/mol. The van der Waals surface area contributed by atoms with Gasteiger partial charge in [-0.05, 0) is 71.8 Å². The van der Waals surface area contributed by atoms with Gasteiger partial charge in [0.05, 0.1) is 33.6 Å². The first-order chi connectivity index (χ1) is 21.3. The van der Waals surface area contributed by atoms with E-state index in [-0.39, 0.29) is 0 Å². The van der Waals surface area contributed by atoms with E-state index in [2.05, 4.69) is 129 Å². The van der Waals surface area contributed by atoms with E-state index in [9.17, 15) is 0 Å².